The third-order valence-corrected chi connectivity index (χ3v) is 5.60. The van der Waals surface area contributed by atoms with Crippen molar-refractivity contribution < 1.29 is 17.9 Å². The first-order valence-corrected chi connectivity index (χ1v) is 9.49. The van der Waals surface area contributed by atoms with E-state index in [4.69, 9.17) is 9.47 Å². The molecule has 0 fully saturated rings. The molecular formula is C18H21NO4S. The maximum atomic E-state index is 12.5. The van der Waals surface area contributed by atoms with Crippen molar-refractivity contribution in [3.05, 3.63) is 53.6 Å². The fourth-order valence-corrected chi connectivity index (χ4v) is 3.83. The predicted molar refractivity (Wildman–Crippen MR) is 92.0 cm³/mol. The summed E-state index contributed by atoms with van der Waals surface area (Å²) in [5, 5.41) is 0. The first-order valence-electron chi connectivity index (χ1n) is 8.00. The van der Waals surface area contributed by atoms with E-state index in [1.807, 2.05) is 44.2 Å². The van der Waals surface area contributed by atoms with Gasteiger partial charge in [0, 0.05) is 6.04 Å². The second-order valence-electron chi connectivity index (χ2n) is 5.74. The Balaban J connectivity index is 1.78. The van der Waals surface area contributed by atoms with Crippen LogP contribution in [0.5, 0.6) is 11.5 Å². The molecule has 0 amide bonds. The summed E-state index contributed by atoms with van der Waals surface area (Å²) >= 11 is 0. The Kier molecular flexibility index (Phi) is 4.78. The van der Waals surface area contributed by atoms with Crippen LogP contribution in [0.15, 0.2) is 47.4 Å². The zero-order valence-corrected chi connectivity index (χ0v) is 14.6. The molecule has 0 saturated heterocycles. The molecule has 1 unspecified atom stereocenters. The van der Waals surface area contributed by atoms with Gasteiger partial charge in [0.25, 0.3) is 0 Å². The van der Waals surface area contributed by atoms with E-state index in [9.17, 15) is 8.42 Å². The summed E-state index contributed by atoms with van der Waals surface area (Å²) < 4.78 is 38.8. The number of ether oxygens (including phenoxy) is 2. The minimum atomic E-state index is -3.58. The lowest BCUT2D eigenvalue weighted by molar-refractivity contribution is 0.171. The van der Waals surface area contributed by atoms with E-state index in [-0.39, 0.29) is 10.9 Å². The molecular weight excluding hydrogens is 326 g/mol. The van der Waals surface area contributed by atoms with Gasteiger partial charge in [-0.25, -0.2) is 13.1 Å². The largest absolute Gasteiger partial charge is 0.486 e. The van der Waals surface area contributed by atoms with Gasteiger partial charge in [0.2, 0.25) is 10.0 Å². The molecule has 0 bridgehead atoms. The topological polar surface area (TPSA) is 64.6 Å². The molecule has 5 nitrogen and oxygen atoms in total. The molecule has 2 aromatic carbocycles. The highest BCUT2D eigenvalue weighted by molar-refractivity contribution is 7.89. The van der Waals surface area contributed by atoms with Crippen molar-refractivity contribution in [2.75, 3.05) is 13.2 Å². The van der Waals surface area contributed by atoms with Crippen molar-refractivity contribution in [1.82, 2.24) is 4.72 Å². The van der Waals surface area contributed by atoms with Crippen LogP contribution in [0.4, 0.5) is 0 Å². The summed E-state index contributed by atoms with van der Waals surface area (Å²) in [5.74, 6) is 1.34. The van der Waals surface area contributed by atoms with E-state index < -0.39 is 10.0 Å². The average Bonchev–Trinajstić information content (AvgIpc) is 2.61. The van der Waals surface area contributed by atoms with Crippen LogP contribution in [-0.4, -0.2) is 21.6 Å². The molecule has 0 saturated carbocycles. The fraction of sp³-hybridized carbons (Fsp3) is 0.333. The van der Waals surface area contributed by atoms with Gasteiger partial charge >= 0.3 is 0 Å². The van der Waals surface area contributed by atoms with Gasteiger partial charge in [0.15, 0.2) is 11.5 Å². The highest BCUT2D eigenvalue weighted by atomic mass is 32.2. The highest BCUT2D eigenvalue weighted by Crippen LogP contribution is 2.32. The van der Waals surface area contributed by atoms with Crippen molar-refractivity contribution in [2.45, 2.75) is 31.2 Å². The molecule has 24 heavy (non-hydrogen) atoms. The van der Waals surface area contributed by atoms with Gasteiger partial charge < -0.3 is 9.47 Å². The number of hydrogen-bond donors (Lipinski definition) is 1. The van der Waals surface area contributed by atoms with Crippen LogP contribution in [0.1, 0.15) is 31.0 Å². The summed E-state index contributed by atoms with van der Waals surface area (Å²) in [6.07, 6.45) is 0.876. The van der Waals surface area contributed by atoms with E-state index >= 15 is 0 Å². The van der Waals surface area contributed by atoms with Gasteiger partial charge in [0.05, 0.1) is 4.90 Å². The zero-order valence-electron chi connectivity index (χ0n) is 13.8. The Morgan fingerprint density at radius 3 is 2.38 bits per heavy atom. The first kappa shape index (κ1) is 16.8. The first-order chi connectivity index (χ1) is 11.5. The Labute approximate surface area is 142 Å². The van der Waals surface area contributed by atoms with Gasteiger partial charge in [-0.05, 0) is 48.7 Å². The van der Waals surface area contributed by atoms with Crippen molar-refractivity contribution in [2.24, 2.45) is 0 Å². The lowest BCUT2D eigenvalue weighted by Gasteiger charge is -2.21. The summed E-state index contributed by atoms with van der Waals surface area (Å²) in [6, 6.07) is 12.0. The molecule has 0 spiro atoms. The summed E-state index contributed by atoms with van der Waals surface area (Å²) in [5.41, 5.74) is 1.93. The number of sulfonamides is 1. The van der Waals surface area contributed by atoms with Gasteiger partial charge in [-0.2, -0.15) is 0 Å². The number of nitrogens with one attached hydrogen (secondary N) is 1. The van der Waals surface area contributed by atoms with E-state index in [1.54, 1.807) is 12.1 Å². The van der Waals surface area contributed by atoms with Crippen molar-refractivity contribution in [3.63, 3.8) is 0 Å². The smallest absolute Gasteiger partial charge is 0.241 e. The van der Waals surface area contributed by atoms with Crippen LogP contribution >= 0.6 is 0 Å². The lowest BCUT2D eigenvalue weighted by Crippen LogP contribution is -2.27. The Morgan fingerprint density at radius 2 is 1.71 bits per heavy atom. The Morgan fingerprint density at radius 1 is 1.04 bits per heavy atom. The van der Waals surface area contributed by atoms with Gasteiger partial charge in [0.1, 0.15) is 13.2 Å². The van der Waals surface area contributed by atoms with E-state index in [2.05, 4.69) is 4.72 Å². The van der Waals surface area contributed by atoms with E-state index in [0.717, 1.165) is 17.5 Å². The molecule has 1 N–H and O–H groups in total. The fourth-order valence-electron chi connectivity index (χ4n) is 2.60. The van der Waals surface area contributed by atoms with Crippen LogP contribution in [0, 0.1) is 0 Å². The third-order valence-electron chi connectivity index (χ3n) is 4.04. The Hall–Kier alpha value is -2.05. The monoisotopic (exact) mass is 347 g/mol. The predicted octanol–water partition coefficient (Wildman–Crippen LogP) is 3.06. The second-order valence-corrected chi connectivity index (χ2v) is 7.46. The molecule has 128 valence electrons. The summed E-state index contributed by atoms with van der Waals surface area (Å²) in [6.45, 7) is 4.87. The van der Waals surface area contributed by atoms with Gasteiger partial charge in [-0.15, -0.1) is 0 Å². The van der Waals surface area contributed by atoms with Gasteiger partial charge in [-0.1, -0.05) is 25.1 Å². The normalized spacial score (nSPS) is 15.1. The van der Waals surface area contributed by atoms with Gasteiger partial charge in [-0.3, -0.25) is 0 Å². The average molecular weight is 347 g/mol. The van der Waals surface area contributed by atoms with Crippen LogP contribution in [0.2, 0.25) is 0 Å². The number of aryl methyl sites for hydroxylation is 1. The number of rotatable bonds is 5. The molecule has 2 aromatic rings. The molecule has 0 radical (unpaired) electrons. The number of hydrogen-bond acceptors (Lipinski definition) is 4. The van der Waals surface area contributed by atoms with E-state index in [1.165, 1.54) is 0 Å². The SMILES string of the molecule is CCc1ccc(S(=O)(=O)NC(C)c2ccc3c(c2)OCCO3)cc1. The zero-order chi connectivity index (χ0) is 17.2. The highest BCUT2D eigenvalue weighted by Gasteiger charge is 2.20. The molecule has 0 aliphatic carbocycles. The van der Waals surface area contributed by atoms with Crippen LogP contribution < -0.4 is 14.2 Å². The van der Waals surface area contributed by atoms with Crippen molar-refractivity contribution >= 4 is 10.0 Å². The third kappa shape index (κ3) is 3.55. The molecule has 3 rings (SSSR count). The summed E-state index contributed by atoms with van der Waals surface area (Å²) in [4.78, 5) is 0.268. The summed E-state index contributed by atoms with van der Waals surface area (Å²) in [7, 11) is -3.58. The standard InChI is InChI=1S/C18H21NO4S/c1-3-14-4-7-16(8-5-14)24(20,21)19-13(2)15-6-9-17-18(12-15)23-11-10-22-17/h4-9,12-13,19H,3,10-11H2,1-2H3. The number of benzene rings is 2. The molecule has 0 aromatic heterocycles. The molecule has 6 heteroatoms. The van der Waals surface area contributed by atoms with Crippen molar-refractivity contribution in [3.8, 4) is 11.5 Å². The van der Waals surface area contributed by atoms with Crippen LogP contribution in [0.3, 0.4) is 0 Å². The Bertz CT molecular complexity index is 815. The molecule has 1 atom stereocenters. The van der Waals surface area contributed by atoms with Crippen LogP contribution in [-0.2, 0) is 16.4 Å². The quantitative estimate of drug-likeness (QED) is 0.903. The lowest BCUT2D eigenvalue weighted by atomic mass is 10.1. The molecule has 1 aliphatic heterocycles. The minimum absolute atomic E-state index is 0.268. The minimum Gasteiger partial charge on any atom is -0.486 e. The van der Waals surface area contributed by atoms with Crippen LogP contribution in [0.25, 0.3) is 0 Å². The number of fused-ring (bicyclic) bond motifs is 1. The maximum Gasteiger partial charge on any atom is 0.241 e. The molecule has 1 heterocycles. The molecule has 1 aliphatic rings. The van der Waals surface area contributed by atoms with E-state index in [0.29, 0.717) is 24.7 Å². The second kappa shape index (κ2) is 6.83. The maximum absolute atomic E-state index is 12.5. The van der Waals surface area contributed by atoms with Crippen molar-refractivity contribution in [1.29, 1.82) is 0 Å².